The lowest BCUT2D eigenvalue weighted by molar-refractivity contribution is -0.170. The van der Waals surface area contributed by atoms with Gasteiger partial charge in [0.15, 0.2) is 5.60 Å². The van der Waals surface area contributed by atoms with Crippen molar-refractivity contribution in [3.63, 3.8) is 0 Å². The number of morpholine rings is 1. The van der Waals surface area contributed by atoms with E-state index in [4.69, 9.17) is 4.74 Å². The third kappa shape index (κ3) is 4.18. The van der Waals surface area contributed by atoms with Crippen molar-refractivity contribution in [3.05, 3.63) is 66.0 Å². The fourth-order valence-electron chi connectivity index (χ4n) is 4.09. The van der Waals surface area contributed by atoms with Crippen molar-refractivity contribution in [1.82, 2.24) is 19.6 Å². The second-order valence-corrected chi connectivity index (χ2v) is 7.74. The molecule has 6 nitrogen and oxygen atoms in total. The maximum Gasteiger partial charge on any atom is 0.256 e. The zero-order chi connectivity index (χ0) is 19.4. The molecule has 1 spiro atoms. The largest absolute Gasteiger partial charge is 0.362 e. The van der Waals surface area contributed by atoms with Gasteiger partial charge >= 0.3 is 0 Å². The summed E-state index contributed by atoms with van der Waals surface area (Å²) in [4.78, 5) is 17.7. The minimum Gasteiger partial charge on any atom is -0.362 e. The van der Waals surface area contributed by atoms with E-state index in [2.05, 4.69) is 34.3 Å². The summed E-state index contributed by atoms with van der Waals surface area (Å²) in [6.07, 6.45) is 9.62. The number of aryl methyl sites for hydroxylation is 1. The van der Waals surface area contributed by atoms with Crippen LogP contribution in [0.2, 0.25) is 0 Å². The highest BCUT2D eigenvalue weighted by Crippen LogP contribution is 2.28. The summed E-state index contributed by atoms with van der Waals surface area (Å²) in [5.74, 6) is 0.115. The summed E-state index contributed by atoms with van der Waals surface area (Å²) in [6.45, 7) is 4.18. The zero-order valence-corrected chi connectivity index (χ0v) is 16.5. The standard InChI is InChI=1S/C22H28N4O2/c1-24-16-20(15-23-24)17-25-13-14-28-22(18-25)10-5-6-11-26(21(22)27)12-9-19-7-3-2-4-8-19/h2-8,15-16H,9-14,17-18H2,1H3. The van der Waals surface area contributed by atoms with Crippen LogP contribution in [0.15, 0.2) is 54.9 Å². The van der Waals surface area contributed by atoms with E-state index in [-0.39, 0.29) is 5.91 Å². The van der Waals surface area contributed by atoms with Crippen molar-refractivity contribution in [2.75, 3.05) is 32.8 Å². The van der Waals surface area contributed by atoms with Crippen LogP contribution in [0.5, 0.6) is 0 Å². The Morgan fingerprint density at radius 3 is 2.82 bits per heavy atom. The highest BCUT2D eigenvalue weighted by Gasteiger charge is 2.45. The predicted molar refractivity (Wildman–Crippen MR) is 108 cm³/mol. The molecule has 1 atom stereocenters. The molecule has 1 amide bonds. The minimum absolute atomic E-state index is 0.115. The number of ether oxygens (including phenoxy) is 1. The van der Waals surface area contributed by atoms with Gasteiger partial charge in [-0.2, -0.15) is 5.10 Å². The average Bonchev–Trinajstić information content (AvgIpc) is 3.06. The van der Waals surface area contributed by atoms with Crippen molar-refractivity contribution in [2.45, 2.75) is 25.0 Å². The molecule has 2 aromatic rings. The predicted octanol–water partition coefficient (Wildman–Crippen LogP) is 2.02. The van der Waals surface area contributed by atoms with Crippen LogP contribution in [-0.4, -0.2) is 63.9 Å². The maximum absolute atomic E-state index is 13.5. The van der Waals surface area contributed by atoms with Crippen molar-refractivity contribution in [3.8, 4) is 0 Å². The van der Waals surface area contributed by atoms with Gasteiger partial charge in [0.2, 0.25) is 0 Å². The van der Waals surface area contributed by atoms with Crippen LogP contribution in [0.1, 0.15) is 17.5 Å². The highest BCUT2D eigenvalue weighted by atomic mass is 16.5. The van der Waals surface area contributed by atoms with E-state index in [0.29, 0.717) is 32.7 Å². The van der Waals surface area contributed by atoms with E-state index in [0.717, 1.165) is 25.1 Å². The normalized spacial score (nSPS) is 23.3. The van der Waals surface area contributed by atoms with Gasteiger partial charge in [-0.15, -0.1) is 0 Å². The lowest BCUT2D eigenvalue weighted by Crippen LogP contribution is -2.60. The molecule has 0 N–H and O–H groups in total. The van der Waals surface area contributed by atoms with Crippen LogP contribution in [0, 0.1) is 0 Å². The Morgan fingerprint density at radius 2 is 2.04 bits per heavy atom. The molecule has 0 saturated carbocycles. The first-order valence-electron chi connectivity index (χ1n) is 9.97. The minimum atomic E-state index is -0.774. The summed E-state index contributed by atoms with van der Waals surface area (Å²) in [5.41, 5.74) is 1.64. The first kappa shape index (κ1) is 18.9. The summed E-state index contributed by atoms with van der Waals surface area (Å²) < 4.78 is 7.97. The Balaban J connectivity index is 1.45. The maximum atomic E-state index is 13.5. The van der Waals surface area contributed by atoms with Crippen LogP contribution < -0.4 is 0 Å². The number of carbonyl (C=O) groups is 1. The number of nitrogens with zero attached hydrogens (tertiary/aromatic N) is 4. The molecule has 2 aliphatic heterocycles. The smallest absolute Gasteiger partial charge is 0.256 e. The molecule has 6 heteroatoms. The monoisotopic (exact) mass is 380 g/mol. The number of amides is 1. The molecule has 3 heterocycles. The molecular formula is C22H28N4O2. The van der Waals surface area contributed by atoms with E-state index < -0.39 is 5.60 Å². The Labute approximate surface area is 166 Å². The first-order valence-corrected chi connectivity index (χ1v) is 9.97. The molecule has 28 heavy (non-hydrogen) atoms. The van der Waals surface area contributed by atoms with Crippen LogP contribution in [0.3, 0.4) is 0 Å². The van der Waals surface area contributed by atoms with Crippen LogP contribution in [-0.2, 0) is 29.5 Å². The number of rotatable bonds is 5. The Hall–Kier alpha value is -2.44. The van der Waals surface area contributed by atoms with Gasteiger partial charge in [-0.05, 0) is 12.0 Å². The number of hydrogen-bond donors (Lipinski definition) is 0. The number of hydrogen-bond acceptors (Lipinski definition) is 4. The van der Waals surface area contributed by atoms with Crippen LogP contribution in [0.4, 0.5) is 0 Å². The number of aromatic nitrogens is 2. The van der Waals surface area contributed by atoms with Gasteiger partial charge in [-0.3, -0.25) is 14.4 Å². The van der Waals surface area contributed by atoms with E-state index in [1.165, 1.54) is 5.56 Å². The summed E-state index contributed by atoms with van der Waals surface area (Å²) >= 11 is 0. The average molecular weight is 380 g/mol. The molecule has 1 aromatic carbocycles. The van der Waals surface area contributed by atoms with E-state index in [1.807, 2.05) is 47.2 Å². The molecule has 1 saturated heterocycles. The van der Waals surface area contributed by atoms with Gasteiger partial charge in [0.05, 0.1) is 12.8 Å². The summed E-state index contributed by atoms with van der Waals surface area (Å²) in [5, 5.41) is 4.25. The quantitative estimate of drug-likeness (QED) is 0.745. The lowest BCUT2D eigenvalue weighted by atomic mass is 9.95. The van der Waals surface area contributed by atoms with Gasteiger partial charge in [-0.1, -0.05) is 42.5 Å². The molecule has 1 fully saturated rings. The number of carbonyl (C=O) groups excluding carboxylic acids is 1. The summed E-state index contributed by atoms with van der Waals surface area (Å²) in [6, 6.07) is 10.3. The molecular weight excluding hydrogens is 352 g/mol. The van der Waals surface area contributed by atoms with Crippen molar-refractivity contribution < 1.29 is 9.53 Å². The molecule has 4 rings (SSSR count). The topological polar surface area (TPSA) is 50.6 Å². The first-order chi connectivity index (χ1) is 13.6. The molecule has 1 unspecified atom stereocenters. The summed E-state index contributed by atoms with van der Waals surface area (Å²) in [7, 11) is 1.93. The lowest BCUT2D eigenvalue weighted by Gasteiger charge is -2.42. The molecule has 0 bridgehead atoms. The van der Waals surface area contributed by atoms with Crippen LogP contribution >= 0.6 is 0 Å². The Kier molecular flexibility index (Phi) is 5.59. The molecule has 1 aromatic heterocycles. The fourth-order valence-corrected chi connectivity index (χ4v) is 4.09. The van der Waals surface area contributed by atoms with E-state index in [9.17, 15) is 4.79 Å². The van der Waals surface area contributed by atoms with Crippen LogP contribution in [0.25, 0.3) is 0 Å². The Morgan fingerprint density at radius 1 is 1.18 bits per heavy atom. The second-order valence-electron chi connectivity index (χ2n) is 7.74. The fraction of sp³-hybridized carbons (Fsp3) is 0.455. The highest BCUT2D eigenvalue weighted by molar-refractivity contribution is 5.86. The third-order valence-electron chi connectivity index (χ3n) is 5.56. The van der Waals surface area contributed by atoms with Crippen molar-refractivity contribution in [1.29, 1.82) is 0 Å². The Bertz CT molecular complexity index is 832. The third-order valence-corrected chi connectivity index (χ3v) is 5.56. The van der Waals surface area contributed by atoms with Crippen molar-refractivity contribution >= 4 is 5.91 Å². The zero-order valence-electron chi connectivity index (χ0n) is 16.5. The van der Waals surface area contributed by atoms with Gasteiger partial charge in [-0.25, -0.2) is 0 Å². The van der Waals surface area contributed by atoms with Crippen molar-refractivity contribution in [2.24, 2.45) is 7.05 Å². The SMILES string of the molecule is Cn1cc(CN2CCOC3(CC=CCN(CCc4ccccc4)C3=O)C2)cn1. The molecule has 148 valence electrons. The van der Waals surface area contributed by atoms with Gasteiger partial charge < -0.3 is 9.64 Å². The molecule has 2 aliphatic rings. The van der Waals surface area contributed by atoms with Gasteiger partial charge in [0.25, 0.3) is 5.91 Å². The van der Waals surface area contributed by atoms with E-state index >= 15 is 0 Å². The van der Waals surface area contributed by atoms with Gasteiger partial charge in [0.1, 0.15) is 0 Å². The van der Waals surface area contributed by atoms with Gasteiger partial charge in [0, 0.05) is 58.0 Å². The molecule has 0 aliphatic carbocycles. The molecule has 0 radical (unpaired) electrons. The second kappa shape index (κ2) is 8.29. The number of benzene rings is 1. The van der Waals surface area contributed by atoms with E-state index in [1.54, 1.807) is 0 Å².